The van der Waals surface area contributed by atoms with Crippen LogP contribution in [0.1, 0.15) is 19.4 Å². The van der Waals surface area contributed by atoms with Crippen molar-refractivity contribution in [2.75, 3.05) is 25.1 Å². The van der Waals surface area contributed by atoms with E-state index in [-0.39, 0.29) is 5.41 Å². The molecule has 4 nitrogen and oxygen atoms in total. The van der Waals surface area contributed by atoms with Gasteiger partial charge in [-0.2, -0.15) is 0 Å². The zero-order valence-electron chi connectivity index (χ0n) is 18.2. The average Bonchev–Trinajstić information content (AvgIpc) is 3.17. The molecule has 3 aromatic rings. The van der Waals surface area contributed by atoms with Gasteiger partial charge in [0, 0.05) is 36.0 Å². The van der Waals surface area contributed by atoms with Crippen LogP contribution in [0.4, 0.5) is 5.69 Å². The third-order valence-electron chi connectivity index (χ3n) is 5.87. The molecule has 0 spiro atoms. The fraction of sp³-hybridized carbons (Fsp3) is 0.222. The number of rotatable bonds is 4. The number of hydrogen-bond donors (Lipinski definition) is 0. The first-order chi connectivity index (χ1) is 15.1. The molecule has 0 bridgehead atoms. The summed E-state index contributed by atoms with van der Waals surface area (Å²) >= 11 is 0. The van der Waals surface area contributed by atoms with Crippen molar-refractivity contribution in [1.29, 1.82) is 0 Å². The molecule has 0 atom stereocenters. The molecular formula is C27H27N3O. The van der Waals surface area contributed by atoms with E-state index in [2.05, 4.69) is 90.5 Å². The molecule has 0 amide bonds. The Labute approximate surface area is 184 Å². The molecule has 156 valence electrons. The number of aliphatic imine (C=N–C) groups is 1. The molecular weight excluding hydrogens is 382 g/mol. The van der Waals surface area contributed by atoms with Crippen molar-refractivity contribution in [3.63, 3.8) is 0 Å². The normalized spacial score (nSPS) is 17.1. The first-order valence-electron chi connectivity index (χ1n) is 10.7. The maximum absolute atomic E-state index is 5.67. The summed E-state index contributed by atoms with van der Waals surface area (Å²) in [7, 11) is 1.73. The smallest absolute Gasteiger partial charge is 0.210 e. The van der Waals surface area contributed by atoms with Gasteiger partial charge in [0.05, 0.1) is 12.8 Å². The zero-order chi connectivity index (χ0) is 21.4. The second-order valence-corrected chi connectivity index (χ2v) is 8.86. The monoisotopic (exact) mass is 409 g/mol. The number of ether oxygens (including phenoxy) is 1. The Balaban J connectivity index is 1.56. The van der Waals surface area contributed by atoms with Crippen LogP contribution in [0.25, 0.3) is 16.8 Å². The van der Waals surface area contributed by atoms with E-state index >= 15 is 0 Å². The molecule has 0 N–H and O–H groups in total. The fourth-order valence-corrected chi connectivity index (χ4v) is 4.27. The summed E-state index contributed by atoms with van der Waals surface area (Å²) in [6, 6.07) is 27.4. The molecule has 2 heterocycles. The molecule has 3 aromatic carbocycles. The highest BCUT2D eigenvalue weighted by Crippen LogP contribution is 2.39. The number of hydrogen-bond acceptors (Lipinski definition) is 4. The summed E-state index contributed by atoms with van der Waals surface area (Å²) in [6.07, 6.45) is 2.19. The minimum atomic E-state index is 0.109. The number of para-hydroxylation sites is 1. The third-order valence-corrected chi connectivity index (χ3v) is 5.87. The highest BCUT2D eigenvalue weighted by molar-refractivity contribution is 6.08. The minimum Gasteiger partial charge on any atom is -0.496 e. The maximum atomic E-state index is 5.67. The molecule has 2 aliphatic heterocycles. The quantitative estimate of drug-likeness (QED) is 0.539. The predicted octanol–water partition coefficient (Wildman–Crippen LogP) is 5.88. The van der Waals surface area contributed by atoms with Gasteiger partial charge in [0.1, 0.15) is 5.75 Å². The van der Waals surface area contributed by atoms with Gasteiger partial charge in [-0.15, -0.1) is 0 Å². The zero-order valence-corrected chi connectivity index (χ0v) is 18.2. The van der Waals surface area contributed by atoms with Crippen LogP contribution in [-0.4, -0.2) is 31.1 Å². The van der Waals surface area contributed by atoms with E-state index in [9.17, 15) is 0 Å². The lowest BCUT2D eigenvalue weighted by Crippen LogP contribution is -2.45. The van der Waals surface area contributed by atoms with Gasteiger partial charge in [-0.05, 0) is 35.4 Å². The summed E-state index contributed by atoms with van der Waals surface area (Å²) < 4.78 is 5.67. The van der Waals surface area contributed by atoms with Crippen LogP contribution in [0.5, 0.6) is 5.75 Å². The van der Waals surface area contributed by atoms with Crippen molar-refractivity contribution in [1.82, 2.24) is 4.90 Å². The summed E-state index contributed by atoms with van der Waals surface area (Å²) in [4.78, 5) is 9.52. The molecule has 4 heteroatoms. The highest BCUT2D eigenvalue weighted by Gasteiger charge is 2.38. The van der Waals surface area contributed by atoms with Gasteiger partial charge >= 0.3 is 0 Å². The second kappa shape index (κ2) is 7.62. The Hall–Kier alpha value is -3.53. The van der Waals surface area contributed by atoms with Crippen LogP contribution >= 0.6 is 0 Å². The van der Waals surface area contributed by atoms with Crippen molar-refractivity contribution >= 4 is 17.3 Å². The topological polar surface area (TPSA) is 28.1 Å². The van der Waals surface area contributed by atoms with Crippen molar-refractivity contribution < 1.29 is 4.74 Å². The lowest BCUT2D eigenvalue weighted by atomic mass is 9.91. The molecule has 0 aromatic heterocycles. The standard InChI is InChI=1S/C27H27N3O/c1-27(2)18-28-26-29(22-15-13-21(14-16-22)20-9-5-4-6-10-20)17-24(30(26)19-27)23-11-7-8-12-25(23)31-3/h4-17H,18-19H2,1-3H3. The lowest BCUT2D eigenvalue weighted by Gasteiger charge is -2.37. The summed E-state index contributed by atoms with van der Waals surface area (Å²) in [5.74, 6) is 1.85. The first-order valence-corrected chi connectivity index (χ1v) is 10.7. The van der Waals surface area contributed by atoms with Crippen LogP contribution in [0.15, 0.2) is 90.1 Å². The second-order valence-electron chi connectivity index (χ2n) is 8.86. The summed E-state index contributed by atoms with van der Waals surface area (Å²) in [5.41, 5.74) is 5.85. The Morgan fingerprint density at radius 1 is 0.839 bits per heavy atom. The minimum absolute atomic E-state index is 0.109. The number of fused-ring (bicyclic) bond motifs is 1. The number of methoxy groups -OCH3 is 1. The fourth-order valence-electron chi connectivity index (χ4n) is 4.27. The maximum Gasteiger partial charge on any atom is 0.210 e. The van der Waals surface area contributed by atoms with Gasteiger partial charge in [-0.3, -0.25) is 9.89 Å². The van der Waals surface area contributed by atoms with E-state index in [0.717, 1.165) is 41.7 Å². The number of guanidine groups is 1. The van der Waals surface area contributed by atoms with E-state index in [1.165, 1.54) is 11.1 Å². The van der Waals surface area contributed by atoms with E-state index < -0.39 is 0 Å². The average molecular weight is 410 g/mol. The molecule has 2 aliphatic rings. The van der Waals surface area contributed by atoms with Gasteiger partial charge in [0.15, 0.2) is 0 Å². The van der Waals surface area contributed by atoms with Gasteiger partial charge in [-0.25, -0.2) is 0 Å². The molecule has 0 fully saturated rings. The Bertz CT molecular complexity index is 1150. The van der Waals surface area contributed by atoms with Gasteiger partial charge < -0.3 is 9.64 Å². The van der Waals surface area contributed by atoms with Crippen LogP contribution < -0.4 is 9.64 Å². The molecule has 31 heavy (non-hydrogen) atoms. The van der Waals surface area contributed by atoms with E-state index in [4.69, 9.17) is 9.73 Å². The molecule has 0 saturated heterocycles. The van der Waals surface area contributed by atoms with Crippen LogP contribution in [0.3, 0.4) is 0 Å². The first kappa shape index (κ1) is 19.4. The van der Waals surface area contributed by atoms with Crippen LogP contribution in [-0.2, 0) is 0 Å². The highest BCUT2D eigenvalue weighted by atomic mass is 16.5. The van der Waals surface area contributed by atoms with E-state index in [0.29, 0.717) is 0 Å². The van der Waals surface area contributed by atoms with Gasteiger partial charge in [-0.1, -0.05) is 68.4 Å². The third kappa shape index (κ3) is 3.59. The number of nitrogens with zero attached hydrogens (tertiary/aromatic N) is 3. The Morgan fingerprint density at radius 2 is 1.52 bits per heavy atom. The molecule has 0 saturated carbocycles. The predicted molar refractivity (Wildman–Crippen MR) is 128 cm³/mol. The Kier molecular flexibility index (Phi) is 4.78. The van der Waals surface area contributed by atoms with E-state index in [1.807, 2.05) is 18.2 Å². The lowest BCUT2D eigenvalue weighted by molar-refractivity contribution is 0.291. The van der Waals surface area contributed by atoms with Gasteiger partial charge in [0.25, 0.3) is 0 Å². The largest absolute Gasteiger partial charge is 0.496 e. The van der Waals surface area contributed by atoms with Crippen molar-refractivity contribution in [2.24, 2.45) is 10.4 Å². The number of benzene rings is 3. The van der Waals surface area contributed by atoms with Crippen molar-refractivity contribution in [2.45, 2.75) is 13.8 Å². The summed E-state index contributed by atoms with van der Waals surface area (Å²) in [5, 5.41) is 0. The molecule has 5 rings (SSSR count). The molecule has 0 unspecified atom stereocenters. The van der Waals surface area contributed by atoms with Crippen LogP contribution in [0, 0.1) is 5.41 Å². The van der Waals surface area contributed by atoms with Crippen LogP contribution in [0.2, 0.25) is 0 Å². The van der Waals surface area contributed by atoms with Crippen molar-refractivity contribution in [3.8, 4) is 16.9 Å². The van der Waals surface area contributed by atoms with Gasteiger partial charge in [0.2, 0.25) is 5.96 Å². The summed E-state index contributed by atoms with van der Waals surface area (Å²) in [6.45, 7) is 6.26. The Morgan fingerprint density at radius 3 is 2.26 bits per heavy atom. The van der Waals surface area contributed by atoms with Crippen molar-refractivity contribution in [3.05, 3.63) is 90.6 Å². The molecule has 0 aliphatic carbocycles. The molecule has 0 radical (unpaired) electrons. The number of anilines is 1. The SMILES string of the molecule is COc1ccccc1C1=CN(c2ccc(-c3ccccc3)cc2)C2=NCC(C)(C)CN12. The van der Waals surface area contributed by atoms with E-state index in [1.54, 1.807) is 7.11 Å².